The molecule has 1 saturated heterocycles. The van der Waals surface area contributed by atoms with E-state index < -0.39 is 11.2 Å². The number of amides is 1. The molecule has 3 aromatic rings. The number of aromatic amines is 1. The molecular weight excluding hydrogens is 378 g/mol. The molecule has 0 saturated carbocycles. The number of anilines is 1. The van der Waals surface area contributed by atoms with Gasteiger partial charge >= 0.3 is 5.63 Å². The van der Waals surface area contributed by atoms with E-state index >= 15 is 0 Å². The first-order valence-corrected chi connectivity index (χ1v) is 9.12. The summed E-state index contributed by atoms with van der Waals surface area (Å²) in [4.78, 5) is 49.6. The van der Waals surface area contributed by atoms with E-state index in [1.54, 1.807) is 0 Å². The summed E-state index contributed by atoms with van der Waals surface area (Å²) < 4.78 is 5.07. The van der Waals surface area contributed by atoms with E-state index in [1.807, 2.05) is 4.90 Å². The molecule has 1 fully saturated rings. The second-order valence-electron chi connectivity index (χ2n) is 7.02. The maximum absolute atomic E-state index is 12.8. The molecule has 1 amide bonds. The largest absolute Gasteiger partial charge is 0.507 e. The number of hydrogen-bond donors (Lipinski definition) is 3. The highest BCUT2D eigenvalue weighted by molar-refractivity contribution is 5.93. The Morgan fingerprint density at radius 2 is 2.07 bits per heavy atom. The Morgan fingerprint density at radius 3 is 2.72 bits per heavy atom. The summed E-state index contributed by atoms with van der Waals surface area (Å²) in [6, 6.07) is 2.76. The smallest absolute Gasteiger partial charge is 0.347 e. The van der Waals surface area contributed by atoms with Crippen LogP contribution in [0.2, 0.25) is 0 Å². The maximum Gasteiger partial charge on any atom is 0.347 e. The number of pyridine rings is 1. The molecule has 0 spiro atoms. The van der Waals surface area contributed by atoms with Crippen LogP contribution in [0.1, 0.15) is 18.6 Å². The molecule has 10 nitrogen and oxygen atoms in total. The van der Waals surface area contributed by atoms with Gasteiger partial charge in [-0.15, -0.1) is 0 Å². The van der Waals surface area contributed by atoms with Gasteiger partial charge < -0.3 is 20.2 Å². The number of rotatable bonds is 3. The average Bonchev–Trinajstić information content (AvgIpc) is 2.67. The van der Waals surface area contributed by atoms with Gasteiger partial charge in [0, 0.05) is 36.8 Å². The minimum atomic E-state index is -0.757. The van der Waals surface area contributed by atoms with Gasteiger partial charge in [0.25, 0.3) is 5.56 Å². The topological polar surface area (TPSA) is 155 Å². The zero-order chi connectivity index (χ0) is 20.7. The van der Waals surface area contributed by atoms with Gasteiger partial charge in [0.2, 0.25) is 11.9 Å². The number of primary amides is 1. The van der Waals surface area contributed by atoms with Gasteiger partial charge in [0.1, 0.15) is 17.1 Å². The number of H-pyrrole nitrogens is 1. The van der Waals surface area contributed by atoms with Crippen molar-refractivity contribution in [3.05, 3.63) is 44.9 Å². The number of piperidine rings is 1. The minimum absolute atomic E-state index is 0.0784. The van der Waals surface area contributed by atoms with Gasteiger partial charge in [-0.25, -0.2) is 9.78 Å². The molecule has 0 aromatic carbocycles. The fraction of sp³-hybridized carbons (Fsp3) is 0.316. The molecule has 0 bridgehead atoms. The number of carbonyl (C=O) groups is 1. The van der Waals surface area contributed by atoms with Crippen molar-refractivity contribution in [2.75, 3.05) is 18.0 Å². The SMILES string of the molecule is Cc1cc(O)c(-c2ccnc3nc(N4CCC(C(N)=O)CC4)[nH]c(=O)c23)c(=O)o1. The van der Waals surface area contributed by atoms with Crippen molar-refractivity contribution in [1.29, 1.82) is 0 Å². The lowest BCUT2D eigenvalue weighted by Crippen LogP contribution is -2.40. The predicted octanol–water partition coefficient (Wildman–Crippen LogP) is 0.654. The third-order valence-electron chi connectivity index (χ3n) is 5.12. The Labute approximate surface area is 164 Å². The van der Waals surface area contributed by atoms with Crippen molar-refractivity contribution in [3.63, 3.8) is 0 Å². The molecule has 150 valence electrons. The molecule has 0 unspecified atom stereocenters. The number of aromatic hydroxyl groups is 1. The quantitative estimate of drug-likeness (QED) is 0.582. The average molecular weight is 397 g/mol. The van der Waals surface area contributed by atoms with Gasteiger partial charge in [0.05, 0.1) is 5.39 Å². The number of fused-ring (bicyclic) bond motifs is 1. The summed E-state index contributed by atoms with van der Waals surface area (Å²) in [5, 5.41) is 10.3. The summed E-state index contributed by atoms with van der Waals surface area (Å²) in [5.41, 5.74) is 4.31. The lowest BCUT2D eigenvalue weighted by atomic mass is 9.96. The summed E-state index contributed by atoms with van der Waals surface area (Å²) in [6.07, 6.45) is 2.55. The third-order valence-corrected chi connectivity index (χ3v) is 5.12. The monoisotopic (exact) mass is 397 g/mol. The first-order chi connectivity index (χ1) is 13.8. The number of nitrogens with one attached hydrogen (secondary N) is 1. The standard InChI is InChI=1S/C19H19N5O5/c1-9-8-12(25)13(18(28)29-9)11-2-5-21-16-14(11)17(27)23-19(22-16)24-6-3-10(4-7-24)15(20)26/h2,5,8,10,25H,3-4,6-7H2,1H3,(H2,20,26)(H,21,22,23,27). The number of aromatic nitrogens is 3. The van der Waals surface area contributed by atoms with Crippen molar-refractivity contribution < 1.29 is 14.3 Å². The fourth-order valence-electron chi connectivity index (χ4n) is 3.63. The van der Waals surface area contributed by atoms with Crippen LogP contribution in [0.5, 0.6) is 5.75 Å². The summed E-state index contributed by atoms with van der Waals surface area (Å²) in [6.45, 7) is 2.58. The molecule has 0 aliphatic carbocycles. The predicted molar refractivity (Wildman–Crippen MR) is 105 cm³/mol. The first-order valence-electron chi connectivity index (χ1n) is 9.12. The molecule has 0 radical (unpaired) electrons. The number of nitrogens with zero attached hydrogens (tertiary/aromatic N) is 3. The number of carbonyl (C=O) groups excluding carboxylic acids is 1. The highest BCUT2D eigenvalue weighted by Crippen LogP contribution is 2.30. The van der Waals surface area contributed by atoms with Crippen LogP contribution in [0.15, 0.2) is 32.3 Å². The third kappa shape index (κ3) is 3.33. The van der Waals surface area contributed by atoms with Crippen LogP contribution in [0.25, 0.3) is 22.2 Å². The normalized spacial score (nSPS) is 15.0. The number of aryl methyl sites for hydroxylation is 1. The maximum atomic E-state index is 12.8. The summed E-state index contributed by atoms with van der Waals surface area (Å²) >= 11 is 0. The second-order valence-corrected chi connectivity index (χ2v) is 7.02. The molecule has 10 heteroatoms. The van der Waals surface area contributed by atoms with Gasteiger partial charge in [-0.1, -0.05) is 0 Å². The lowest BCUT2D eigenvalue weighted by Gasteiger charge is -2.30. The van der Waals surface area contributed by atoms with Crippen LogP contribution in [0, 0.1) is 12.8 Å². The van der Waals surface area contributed by atoms with Crippen LogP contribution < -0.4 is 21.8 Å². The number of nitrogens with two attached hydrogens (primary N) is 1. The molecular formula is C19H19N5O5. The Bertz CT molecular complexity index is 1220. The van der Waals surface area contributed by atoms with Crippen LogP contribution in [0.3, 0.4) is 0 Å². The van der Waals surface area contributed by atoms with Gasteiger partial charge in [-0.2, -0.15) is 4.98 Å². The van der Waals surface area contributed by atoms with Crippen LogP contribution in [0.4, 0.5) is 5.95 Å². The van der Waals surface area contributed by atoms with E-state index in [0.717, 1.165) is 0 Å². The molecule has 29 heavy (non-hydrogen) atoms. The minimum Gasteiger partial charge on any atom is -0.507 e. The van der Waals surface area contributed by atoms with Crippen LogP contribution in [-0.4, -0.2) is 39.1 Å². The molecule has 1 aliphatic rings. The zero-order valence-corrected chi connectivity index (χ0v) is 15.6. The highest BCUT2D eigenvalue weighted by atomic mass is 16.4. The Morgan fingerprint density at radius 1 is 1.34 bits per heavy atom. The van der Waals surface area contributed by atoms with Gasteiger partial charge in [-0.05, 0) is 25.8 Å². The van der Waals surface area contributed by atoms with Crippen molar-refractivity contribution in [1.82, 2.24) is 15.0 Å². The number of hydrogen-bond acceptors (Lipinski definition) is 8. The Kier molecular flexibility index (Phi) is 4.53. The van der Waals surface area contributed by atoms with E-state index in [4.69, 9.17) is 10.2 Å². The van der Waals surface area contributed by atoms with Crippen molar-refractivity contribution in [3.8, 4) is 16.9 Å². The van der Waals surface area contributed by atoms with Crippen molar-refractivity contribution in [2.24, 2.45) is 11.7 Å². The molecule has 0 atom stereocenters. The van der Waals surface area contributed by atoms with Gasteiger partial charge in [-0.3, -0.25) is 14.6 Å². The molecule has 4 heterocycles. The van der Waals surface area contributed by atoms with Gasteiger partial charge in [0.15, 0.2) is 5.65 Å². The van der Waals surface area contributed by atoms with Crippen LogP contribution >= 0.6 is 0 Å². The van der Waals surface area contributed by atoms with E-state index in [-0.39, 0.29) is 45.5 Å². The van der Waals surface area contributed by atoms with E-state index in [1.165, 1.54) is 25.3 Å². The fourth-order valence-corrected chi connectivity index (χ4v) is 3.63. The van der Waals surface area contributed by atoms with E-state index in [0.29, 0.717) is 31.9 Å². The molecule has 4 rings (SSSR count). The van der Waals surface area contributed by atoms with Crippen molar-refractivity contribution in [2.45, 2.75) is 19.8 Å². The Hall–Kier alpha value is -3.69. The van der Waals surface area contributed by atoms with E-state index in [2.05, 4.69) is 15.0 Å². The first kappa shape index (κ1) is 18.7. The Balaban J connectivity index is 1.79. The zero-order valence-electron chi connectivity index (χ0n) is 15.6. The summed E-state index contributed by atoms with van der Waals surface area (Å²) in [5.74, 6) is -0.221. The highest BCUT2D eigenvalue weighted by Gasteiger charge is 2.25. The van der Waals surface area contributed by atoms with Crippen molar-refractivity contribution >= 4 is 22.9 Å². The summed E-state index contributed by atoms with van der Waals surface area (Å²) in [7, 11) is 0. The van der Waals surface area contributed by atoms with E-state index in [9.17, 15) is 19.5 Å². The second kappa shape index (κ2) is 7.04. The molecule has 1 aliphatic heterocycles. The molecule has 4 N–H and O–H groups in total. The lowest BCUT2D eigenvalue weighted by molar-refractivity contribution is -0.122. The molecule has 3 aromatic heterocycles. The van der Waals surface area contributed by atoms with Crippen LogP contribution in [-0.2, 0) is 4.79 Å².